The van der Waals surface area contributed by atoms with E-state index in [1.54, 1.807) is 0 Å². The van der Waals surface area contributed by atoms with Gasteiger partial charge in [-0.2, -0.15) is 0 Å². The van der Waals surface area contributed by atoms with Crippen molar-refractivity contribution >= 4 is 11.3 Å². The van der Waals surface area contributed by atoms with Crippen molar-refractivity contribution < 1.29 is 4.74 Å². The minimum Gasteiger partial charge on any atom is -0.485 e. The Morgan fingerprint density at radius 3 is 2.81 bits per heavy atom. The summed E-state index contributed by atoms with van der Waals surface area (Å²) in [6.45, 7) is 10.5. The molecule has 0 saturated heterocycles. The first-order chi connectivity index (χ1) is 12.4. The summed E-state index contributed by atoms with van der Waals surface area (Å²) in [5.74, 6) is 3.67. The fourth-order valence-electron chi connectivity index (χ4n) is 4.25. The summed E-state index contributed by atoms with van der Waals surface area (Å²) in [6, 6.07) is 10.3. The molecule has 2 aromatic carbocycles. The van der Waals surface area contributed by atoms with E-state index in [9.17, 15) is 0 Å². The van der Waals surface area contributed by atoms with Gasteiger partial charge < -0.3 is 10.1 Å². The first-order valence-electron chi connectivity index (χ1n) is 8.97. The Labute approximate surface area is 155 Å². The quantitative estimate of drug-likeness (QED) is 0.538. The largest absolute Gasteiger partial charge is 0.485 e. The van der Waals surface area contributed by atoms with Crippen molar-refractivity contribution in [1.29, 1.82) is 0 Å². The lowest BCUT2D eigenvalue weighted by atomic mass is 9.80. The van der Waals surface area contributed by atoms with E-state index in [0.29, 0.717) is 0 Å². The van der Waals surface area contributed by atoms with Crippen LogP contribution >= 0.6 is 0 Å². The van der Waals surface area contributed by atoms with Gasteiger partial charge in [-0.1, -0.05) is 30.2 Å². The second-order valence-corrected chi connectivity index (χ2v) is 7.58. The molecule has 2 aliphatic rings. The van der Waals surface area contributed by atoms with Crippen LogP contribution in [0.4, 0.5) is 5.69 Å². The van der Waals surface area contributed by atoms with Crippen molar-refractivity contribution in [3.63, 3.8) is 0 Å². The smallest absolute Gasteiger partial charge is 0.129 e. The summed E-state index contributed by atoms with van der Waals surface area (Å²) in [6.07, 6.45) is 10.7. The van der Waals surface area contributed by atoms with Crippen LogP contribution in [0.3, 0.4) is 0 Å². The van der Waals surface area contributed by atoms with E-state index in [4.69, 9.17) is 11.2 Å². The summed E-state index contributed by atoms with van der Waals surface area (Å²) >= 11 is 0. The molecule has 0 amide bonds. The molecule has 2 aliphatic heterocycles. The molecule has 2 nitrogen and oxygen atoms in total. The second-order valence-electron chi connectivity index (χ2n) is 7.58. The fourth-order valence-corrected chi connectivity index (χ4v) is 4.25. The van der Waals surface area contributed by atoms with Crippen molar-refractivity contribution in [2.45, 2.75) is 38.8 Å². The number of benzene rings is 2. The number of hydrogen-bond donors (Lipinski definition) is 1. The highest BCUT2D eigenvalue weighted by Gasteiger charge is 2.33. The van der Waals surface area contributed by atoms with Crippen molar-refractivity contribution in [2.75, 3.05) is 5.32 Å². The van der Waals surface area contributed by atoms with Crippen LogP contribution < -0.4 is 10.1 Å². The maximum Gasteiger partial charge on any atom is 0.129 e. The maximum atomic E-state index is 6.39. The van der Waals surface area contributed by atoms with E-state index in [-0.39, 0.29) is 11.6 Å². The van der Waals surface area contributed by atoms with E-state index in [1.165, 1.54) is 22.3 Å². The highest BCUT2D eigenvalue weighted by atomic mass is 16.5. The molecule has 1 N–H and O–H groups in total. The molecule has 0 aliphatic carbocycles. The van der Waals surface area contributed by atoms with E-state index >= 15 is 0 Å². The Morgan fingerprint density at radius 1 is 1.27 bits per heavy atom. The lowest BCUT2D eigenvalue weighted by Crippen LogP contribution is -2.32. The van der Waals surface area contributed by atoms with Crippen LogP contribution in [-0.2, 0) is 0 Å². The fraction of sp³-hybridized carbons (Fsp3) is 0.250. The number of rotatable bonds is 2. The molecule has 2 heteroatoms. The highest BCUT2D eigenvalue weighted by molar-refractivity contribution is 5.91. The Kier molecular flexibility index (Phi) is 3.70. The van der Waals surface area contributed by atoms with Gasteiger partial charge >= 0.3 is 0 Å². The lowest BCUT2D eigenvalue weighted by Gasteiger charge is -2.37. The Balaban J connectivity index is 2.04. The number of terminal acetylenes is 1. The van der Waals surface area contributed by atoms with Gasteiger partial charge in [-0.3, -0.25) is 0 Å². The number of allylic oxidation sites excluding steroid dienone is 1. The zero-order valence-corrected chi connectivity index (χ0v) is 15.5. The molecule has 0 spiro atoms. The molecule has 0 saturated carbocycles. The van der Waals surface area contributed by atoms with Gasteiger partial charge in [0.2, 0.25) is 0 Å². The van der Waals surface area contributed by atoms with Crippen LogP contribution in [-0.4, -0.2) is 5.54 Å². The maximum absolute atomic E-state index is 6.39. The van der Waals surface area contributed by atoms with Gasteiger partial charge in [0.25, 0.3) is 0 Å². The van der Waals surface area contributed by atoms with Gasteiger partial charge in [0, 0.05) is 34.4 Å². The highest BCUT2D eigenvalue weighted by Crippen LogP contribution is 2.50. The van der Waals surface area contributed by atoms with Crippen molar-refractivity contribution in [3.05, 3.63) is 65.8 Å². The number of nitrogens with one attached hydrogen (secondary N) is 1. The topological polar surface area (TPSA) is 21.3 Å². The summed E-state index contributed by atoms with van der Waals surface area (Å²) in [5, 5.41) is 3.63. The second kappa shape index (κ2) is 5.81. The average Bonchev–Trinajstić information content (AvgIpc) is 2.59. The molecule has 0 bridgehead atoms. The average molecular weight is 341 g/mol. The molecule has 130 valence electrons. The minimum atomic E-state index is -0.0728. The third kappa shape index (κ3) is 2.44. The molecule has 1 atom stereocenters. The monoisotopic (exact) mass is 341 g/mol. The van der Waals surface area contributed by atoms with Crippen LogP contribution in [0, 0.1) is 12.3 Å². The first kappa shape index (κ1) is 16.5. The number of fused-ring (bicyclic) bond motifs is 5. The third-order valence-corrected chi connectivity index (χ3v) is 5.10. The predicted molar refractivity (Wildman–Crippen MR) is 109 cm³/mol. The molecule has 0 radical (unpaired) electrons. The SMILES string of the molecule is C#Cc1cccc2c1-c1ccc3c(c1C(CC=C)O2)C(C)=CC(C)(C)N3. The van der Waals surface area contributed by atoms with Gasteiger partial charge in [0.15, 0.2) is 0 Å². The third-order valence-electron chi connectivity index (χ3n) is 5.10. The van der Waals surface area contributed by atoms with E-state index in [1.807, 2.05) is 24.3 Å². The van der Waals surface area contributed by atoms with E-state index < -0.39 is 0 Å². The van der Waals surface area contributed by atoms with Crippen molar-refractivity contribution in [3.8, 4) is 29.2 Å². The lowest BCUT2D eigenvalue weighted by molar-refractivity contribution is 0.205. The number of hydrogen-bond acceptors (Lipinski definition) is 2. The van der Waals surface area contributed by atoms with Crippen LogP contribution in [0.1, 0.15) is 50.0 Å². The van der Waals surface area contributed by atoms with E-state index in [0.717, 1.165) is 29.0 Å². The Morgan fingerprint density at radius 2 is 2.08 bits per heavy atom. The molecule has 0 aromatic heterocycles. The molecule has 0 fully saturated rings. The van der Waals surface area contributed by atoms with Crippen LogP contribution in [0.5, 0.6) is 5.75 Å². The zero-order chi connectivity index (χ0) is 18.5. The molecule has 2 heterocycles. The summed E-state index contributed by atoms with van der Waals surface area (Å²) in [5.41, 5.74) is 7.82. The van der Waals surface area contributed by atoms with Crippen LogP contribution in [0.25, 0.3) is 16.7 Å². The molecular formula is C24H23NO. The van der Waals surface area contributed by atoms with E-state index in [2.05, 4.69) is 56.8 Å². The van der Waals surface area contributed by atoms with Gasteiger partial charge in [-0.15, -0.1) is 13.0 Å². The number of ether oxygens (including phenoxy) is 1. The van der Waals surface area contributed by atoms with Gasteiger partial charge in [0.05, 0.1) is 5.54 Å². The van der Waals surface area contributed by atoms with Crippen molar-refractivity contribution in [2.24, 2.45) is 0 Å². The predicted octanol–water partition coefficient (Wildman–Crippen LogP) is 5.95. The Hall–Kier alpha value is -2.92. The molecule has 26 heavy (non-hydrogen) atoms. The standard InChI is InChI=1S/C24H23NO/c1-6-9-19-23-17(22-16(7-2)10-8-11-20(22)26-19)12-13-18-21(23)15(3)14-24(4,5)25-18/h2,6,8,10-14,19,25H,1,9H2,3-5H3. The van der Waals surface area contributed by atoms with Gasteiger partial charge in [0.1, 0.15) is 11.9 Å². The summed E-state index contributed by atoms with van der Waals surface area (Å²) in [7, 11) is 0. The first-order valence-corrected chi connectivity index (χ1v) is 8.97. The Bertz CT molecular complexity index is 988. The van der Waals surface area contributed by atoms with Crippen LogP contribution in [0.2, 0.25) is 0 Å². The molecule has 1 unspecified atom stereocenters. The van der Waals surface area contributed by atoms with Gasteiger partial charge in [-0.05, 0) is 50.1 Å². The minimum absolute atomic E-state index is 0.0654. The normalized spacial score (nSPS) is 18.8. The molecule has 2 aromatic rings. The van der Waals surface area contributed by atoms with Crippen molar-refractivity contribution in [1.82, 2.24) is 0 Å². The van der Waals surface area contributed by atoms with Gasteiger partial charge in [-0.25, -0.2) is 0 Å². The molecular weight excluding hydrogens is 318 g/mol. The summed E-state index contributed by atoms with van der Waals surface area (Å²) < 4.78 is 6.39. The zero-order valence-electron chi connectivity index (χ0n) is 15.5. The summed E-state index contributed by atoms with van der Waals surface area (Å²) in [4.78, 5) is 0. The molecule has 4 rings (SSSR count). The number of anilines is 1. The van der Waals surface area contributed by atoms with Crippen LogP contribution in [0.15, 0.2) is 49.1 Å².